The average Bonchev–Trinajstić information content (AvgIpc) is 3.36. The molecule has 0 N–H and O–H groups in total. The van der Waals surface area contributed by atoms with Crippen LogP contribution in [0.1, 0.15) is 16.7 Å². The Morgan fingerprint density at radius 1 is 0.806 bits per heavy atom. The molecule has 5 aromatic rings. The van der Waals surface area contributed by atoms with Gasteiger partial charge in [-0.3, -0.25) is 14.5 Å². The highest BCUT2D eigenvalue weighted by molar-refractivity contribution is 8.18. The third kappa shape index (κ3) is 4.21. The van der Waals surface area contributed by atoms with E-state index in [1.807, 2.05) is 97.2 Å². The maximum absolute atomic E-state index is 13.3. The van der Waals surface area contributed by atoms with Crippen molar-refractivity contribution in [3.63, 3.8) is 0 Å². The summed E-state index contributed by atoms with van der Waals surface area (Å²) in [6.07, 6.45) is 3.87. The number of fused-ring (bicyclic) bond motifs is 2. The fourth-order valence-corrected chi connectivity index (χ4v) is 5.77. The molecule has 4 aromatic carbocycles. The topological polar surface area (TPSA) is 42.3 Å². The van der Waals surface area contributed by atoms with Gasteiger partial charge >= 0.3 is 0 Å². The summed E-state index contributed by atoms with van der Waals surface area (Å²) in [5.74, 6) is -0.260. The van der Waals surface area contributed by atoms with Crippen LogP contribution in [0.2, 0.25) is 5.02 Å². The fourth-order valence-electron chi connectivity index (χ4n) is 4.73. The van der Waals surface area contributed by atoms with Crippen molar-refractivity contribution >= 4 is 62.3 Å². The minimum atomic E-state index is -0.260. The molecule has 1 aliphatic rings. The summed E-state index contributed by atoms with van der Waals surface area (Å²) in [7, 11) is 0. The third-order valence-corrected chi connectivity index (χ3v) is 7.57. The largest absolute Gasteiger partial charge is 0.342 e. The van der Waals surface area contributed by atoms with Gasteiger partial charge in [-0.2, -0.15) is 0 Å². The van der Waals surface area contributed by atoms with E-state index in [2.05, 4.69) is 10.6 Å². The molecule has 1 saturated heterocycles. The van der Waals surface area contributed by atoms with E-state index in [-0.39, 0.29) is 17.7 Å². The molecule has 2 amide bonds. The summed E-state index contributed by atoms with van der Waals surface area (Å²) >= 11 is 7.18. The molecule has 0 unspecified atom stereocenters. The van der Waals surface area contributed by atoms with Gasteiger partial charge in [0.05, 0.1) is 11.4 Å². The van der Waals surface area contributed by atoms with Gasteiger partial charge in [-0.15, -0.1) is 0 Å². The van der Waals surface area contributed by atoms with Crippen molar-refractivity contribution in [2.75, 3.05) is 0 Å². The number of amides is 2. The number of nitrogens with zero attached hydrogens (tertiary/aromatic N) is 2. The smallest absolute Gasteiger partial charge is 0.293 e. The molecule has 6 rings (SSSR count). The molecule has 2 heterocycles. The molecular formula is C30H21ClN2O2S. The molecule has 1 aromatic heterocycles. The van der Waals surface area contributed by atoms with Crippen LogP contribution in [-0.4, -0.2) is 20.6 Å². The van der Waals surface area contributed by atoms with E-state index in [1.54, 1.807) is 0 Å². The molecule has 1 fully saturated rings. The Morgan fingerprint density at radius 2 is 1.56 bits per heavy atom. The lowest BCUT2D eigenvalue weighted by molar-refractivity contribution is -0.123. The first-order chi connectivity index (χ1) is 17.6. The van der Waals surface area contributed by atoms with Gasteiger partial charge in [0.2, 0.25) is 0 Å². The molecule has 0 bridgehead atoms. The van der Waals surface area contributed by atoms with Gasteiger partial charge in [-0.25, -0.2) is 0 Å². The lowest BCUT2D eigenvalue weighted by atomic mass is 10.0. The quantitative estimate of drug-likeness (QED) is 0.228. The van der Waals surface area contributed by atoms with Crippen molar-refractivity contribution in [3.8, 4) is 0 Å². The number of hydrogen-bond acceptors (Lipinski definition) is 3. The van der Waals surface area contributed by atoms with Crippen molar-refractivity contribution in [3.05, 3.63) is 124 Å². The molecular weight excluding hydrogens is 488 g/mol. The van der Waals surface area contributed by atoms with Gasteiger partial charge in [-0.1, -0.05) is 84.4 Å². The van der Waals surface area contributed by atoms with Crippen LogP contribution in [0.15, 0.2) is 102 Å². The molecule has 6 heteroatoms. The van der Waals surface area contributed by atoms with Crippen LogP contribution in [0.25, 0.3) is 27.8 Å². The van der Waals surface area contributed by atoms with Gasteiger partial charge in [0.1, 0.15) is 0 Å². The van der Waals surface area contributed by atoms with Crippen LogP contribution in [0.4, 0.5) is 4.79 Å². The molecule has 36 heavy (non-hydrogen) atoms. The van der Waals surface area contributed by atoms with Gasteiger partial charge in [0.15, 0.2) is 0 Å². The number of imide groups is 1. The number of thioether (sulfide) groups is 1. The van der Waals surface area contributed by atoms with E-state index in [4.69, 9.17) is 11.6 Å². The second kappa shape index (κ2) is 9.34. The first-order valence-corrected chi connectivity index (χ1v) is 12.8. The first kappa shape index (κ1) is 22.7. The molecule has 0 atom stereocenters. The van der Waals surface area contributed by atoms with E-state index in [9.17, 15) is 9.59 Å². The highest BCUT2D eigenvalue weighted by Crippen LogP contribution is 2.36. The summed E-state index contributed by atoms with van der Waals surface area (Å²) in [6, 6.07) is 29.8. The number of carbonyl (C=O) groups is 2. The van der Waals surface area contributed by atoms with Crippen LogP contribution in [0.5, 0.6) is 0 Å². The average molecular weight is 509 g/mol. The first-order valence-electron chi connectivity index (χ1n) is 11.6. The van der Waals surface area contributed by atoms with Crippen molar-refractivity contribution in [2.24, 2.45) is 0 Å². The molecule has 1 aliphatic heterocycles. The van der Waals surface area contributed by atoms with E-state index in [1.165, 1.54) is 4.90 Å². The van der Waals surface area contributed by atoms with Gasteiger partial charge in [-0.05, 0) is 57.9 Å². The number of hydrogen-bond donors (Lipinski definition) is 0. The summed E-state index contributed by atoms with van der Waals surface area (Å²) in [4.78, 5) is 28.0. The van der Waals surface area contributed by atoms with Crippen molar-refractivity contribution in [2.45, 2.75) is 13.1 Å². The Hall–Kier alpha value is -3.80. The second-order valence-corrected chi connectivity index (χ2v) is 10.2. The third-order valence-electron chi connectivity index (χ3n) is 6.43. The molecule has 0 spiro atoms. The van der Waals surface area contributed by atoms with Crippen LogP contribution >= 0.6 is 23.4 Å². The van der Waals surface area contributed by atoms with Crippen molar-refractivity contribution in [1.82, 2.24) is 9.47 Å². The minimum absolute atomic E-state index is 0.248. The maximum atomic E-state index is 13.3. The molecule has 4 nitrogen and oxygen atoms in total. The van der Waals surface area contributed by atoms with Gasteiger partial charge in [0.25, 0.3) is 11.1 Å². The fraction of sp³-hybridized carbons (Fsp3) is 0.0667. The number of rotatable bonds is 5. The molecule has 0 aliphatic carbocycles. The normalized spacial score (nSPS) is 15.0. The minimum Gasteiger partial charge on any atom is -0.342 e. The Labute approximate surface area is 217 Å². The molecule has 0 saturated carbocycles. The summed E-state index contributed by atoms with van der Waals surface area (Å²) < 4.78 is 2.15. The van der Waals surface area contributed by atoms with E-state index in [0.29, 0.717) is 16.5 Å². The highest BCUT2D eigenvalue weighted by atomic mass is 35.5. The van der Waals surface area contributed by atoms with Crippen molar-refractivity contribution in [1.29, 1.82) is 0 Å². The zero-order chi connectivity index (χ0) is 24.6. The summed E-state index contributed by atoms with van der Waals surface area (Å²) in [5, 5.41) is 3.61. The number of para-hydroxylation sites is 1. The van der Waals surface area contributed by atoms with E-state index in [0.717, 1.165) is 50.1 Å². The summed E-state index contributed by atoms with van der Waals surface area (Å²) in [6.45, 7) is 0.900. The van der Waals surface area contributed by atoms with E-state index >= 15 is 0 Å². The highest BCUT2D eigenvalue weighted by Gasteiger charge is 2.35. The van der Waals surface area contributed by atoms with E-state index < -0.39 is 0 Å². The van der Waals surface area contributed by atoms with Crippen LogP contribution in [-0.2, 0) is 17.9 Å². The Bertz CT molecular complexity index is 1680. The number of halogens is 1. The van der Waals surface area contributed by atoms with Gasteiger partial charge < -0.3 is 4.57 Å². The Morgan fingerprint density at radius 3 is 2.42 bits per heavy atom. The number of benzene rings is 4. The predicted octanol–water partition coefficient (Wildman–Crippen LogP) is 7.73. The van der Waals surface area contributed by atoms with Crippen LogP contribution < -0.4 is 0 Å². The Kier molecular flexibility index (Phi) is 5.88. The van der Waals surface area contributed by atoms with Crippen molar-refractivity contribution < 1.29 is 9.59 Å². The van der Waals surface area contributed by atoms with Gasteiger partial charge in [0, 0.05) is 34.2 Å². The second-order valence-electron chi connectivity index (χ2n) is 8.77. The zero-order valence-corrected chi connectivity index (χ0v) is 20.8. The predicted molar refractivity (Wildman–Crippen MR) is 148 cm³/mol. The lowest BCUT2D eigenvalue weighted by Gasteiger charge is -2.14. The molecule has 0 radical (unpaired) electrons. The lowest BCUT2D eigenvalue weighted by Crippen LogP contribution is -2.27. The zero-order valence-electron chi connectivity index (χ0n) is 19.2. The molecule has 176 valence electrons. The number of carbonyl (C=O) groups excluding carboxylic acids is 2. The monoisotopic (exact) mass is 508 g/mol. The van der Waals surface area contributed by atoms with Crippen LogP contribution in [0, 0.1) is 0 Å². The Balaban J connectivity index is 1.32. The van der Waals surface area contributed by atoms with Crippen LogP contribution in [0.3, 0.4) is 0 Å². The maximum Gasteiger partial charge on any atom is 0.293 e. The summed E-state index contributed by atoms with van der Waals surface area (Å²) in [5.41, 5.74) is 4.00. The number of aromatic nitrogens is 1. The SMILES string of the molecule is O=C1S/C(=C\c2cn(Cc3cccc(Cl)c3)c3ccccc23)C(=O)N1Cc1cccc2ccccc12. The standard InChI is InChI=1S/C30H21ClN2O2S/c31-24-11-5-7-20(15-24)17-32-18-23(26-13-3-4-14-27(26)32)16-28-29(34)33(30(35)36-28)19-22-10-6-9-21-8-1-2-12-25(21)22/h1-16,18H,17,19H2/b28-16-.